The lowest BCUT2D eigenvalue weighted by Gasteiger charge is -2.06. The van der Waals surface area contributed by atoms with Crippen molar-refractivity contribution in [2.45, 2.75) is 25.7 Å². The van der Waals surface area contributed by atoms with E-state index in [1.165, 1.54) is 0 Å². The Hall–Kier alpha value is -1.23. The summed E-state index contributed by atoms with van der Waals surface area (Å²) in [7, 11) is 0. The first kappa shape index (κ1) is 12.8. The van der Waals surface area contributed by atoms with Gasteiger partial charge in [-0.3, -0.25) is 0 Å². The van der Waals surface area contributed by atoms with Crippen LogP contribution in [0.4, 0.5) is 14.6 Å². The van der Waals surface area contributed by atoms with E-state index in [1.54, 1.807) is 0 Å². The Bertz CT molecular complexity index is 318. The van der Waals surface area contributed by atoms with Crippen molar-refractivity contribution in [3.63, 3.8) is 0 Å². The highest BCUT2D eigenvalue weighted by Gasteiger charge is 2.03. The van der Waals surface area contributed by atoms with E-state index >= 15 is 0 Å². The molecule has 0 aliphatic heterocycles. The number of pyridine rings is 1. The summed E-state index contributed by atoms with van der Waals surface area (Å²) in [6, 6.07) is 0.823. The number of halogens is 2. The predicted octanol–water partition coefficient (Wildman–Crippen LogP) is 2.29. The van der Waals surface area contributed by atoms with Gasteiger partial charge in [0.05, 0.1) is 6.20 Å². The molecule has 0 radical (unpaired) electrons. The van der Waals surface area contributed by atoms with E-state index in [0.29, 0.717) is 13.1 Å². The lowest BCUT2D eigenvalue weighted by molar-refractivity contribution is 0.574. The largest absolute Gasteiger partial charge is 0.368 e. The third-order valence-corrected chi connectivity index (χ3v) is 2.23. The maximum Gasteiger partial charge on any atom is 0.168 e. The van der Waals surface area contributed by atoms with E-state index < -0.39 is 11.6 Å². The number of unbranched alkanes of at least 4 members (excludes halogenated alkanes) is 3. The number of hydrogen-bond acceptors (Lipinski definition) is 3. The first-order valence-corrected chi connectivity index (χ1v) is 5.49. The number of aromatic nitrogens is 1. The van der Waals surface area contributed by atoms with Gasteiger partial charge in [-0.05, 0) is 19.4 Å². The van der Waals surface area contributed by atoms with Crippen molar-refractivity contribution in [2.24, 2.45) is 5.73 Å². The fourth-order valence-electron chi connectivity index (χ4n) is 1.37. The summed E-state index contributed by atoms with van der Waals surface area (Å²) in [5.41, 5.74) is 5.36. The lowest BCUT2D eigenvalue weighted by Crippen LogP contribution is -2.06. The van der Waals surface area contributed by atoms with Crippen molar-refractivity contribution in [3.05, 3.63) is 23.9 Å². The number of anilines is 1. The van der Waals surface area contributed by atoms with Crippen LogP contribution < -0.4 is 11.1 Å². The Morgan fingerprint density at radius 1 is 1.19 bits per heavy atom. The highest BCUT2D eigenvalue weighted by Crippen LogP contribution is 2.11. The highest BCUT2D eigenvalue weighted by molar-refractivity contribution is 5.35. The molecule has 0 amide bonds. The summed E-state index contributed by atoms with van der Waals surface area (Å²) in [6.45, 7) is 1.35. The normalized spacial score (nSPS) is 10.4. The molecular weight excluding hydrogens is 212 g/mol. The maximum absolute atomic E-state index is 13.1. The fourth-order valence-corrected chi connectivity index (χ4v) is 1.37. The van der Waals surface area contributed by atoms with Crippen LogP contribution in [0.5, 0.6) is 0 Å². The van der Waals surface area contributed by atoms with Crippen LogP contribution in [0.1, 0.15) is 25.7 Å². The Kier molecular flexibility index (Phi) is 5.71. The predicted molar refractivity (Wildman–Crippen MR) is 60.2 cm³/mol. The molecule has 0 aliphatic rings. The molecule has 0 unspecified atom stereocenters. The molecule has 3 N–H and O–H groups in total. The Balaban J connectivity index is 2.21. The van der Waals surface area contributed by atoms with Crippen LogP contribution in [-0.2, 0) is 0 Å². The van der Waals surface area contributed by atoms with Gasteiger partial charge in [0.15, 0.2) is 11.6 Å². The maximum atomic E-state index is 13.1. The third kappa shape index (κ3) is 4.53. The molecule has 0 bridgehead atoms. The molecule has 0 atom stereocenters. The zero-order valence-electron chi connectivity index (χ0n) is 9.18. The van der Waals surface area contributed by atoms with E-state index in [-0.39, 0.29) is 5.82 Å². The minimum atomic E-state index is -0.661. The van der Waals surface area contributed by atoms with Crippen molar-refractivity contribution in [3.8, 4) is 0 Å². The lowest BCUT2D eigenvalue weighted by atomic mass is 10.2. The molecule has 0 aromatic carbocycles. The zero-order chi connectivity index (χ0) is 11.8. The van der Waals surface area contributed by atoms with Gasteiger partial charge in [-0.15, -0.1) is 0 Å². The minimum absolute atomic E-state index is 0.111. The molecule has 5 heteroatoms. The van der Waals surface area contributed by atoms with Crippen LogP contribution >= 0.6 is 0 Å². The number of nitrogens with two attached hydrogens (primary N) is 1. The molecule has 1 aromatic rings. The molecule has 16 heavy (non-hydrogen) atoms. The average molecular weight is 229 g/mol. The second-order valence-electron chi connectivity index (χ2n) is 3.61. The molecule has 1 aromatic heterocycles. The number of rotatable bonds is 7. The standard InChI is InChI=1S/C11H17F2N3/c12-9-7-10(13)11(16-8-9)15-6-4-2-1-3-5-14/h7-8H,1-6,14H2,(H,15,16). The van der Waals surface area contributed by atoms with Crippen LogP contribution in [0.15, 0.2) is 12.3 Å². The first-order valence-electron chi connectivity index (χ1n) is 5.49. The Morgan fingerprint density at radius 3 is 2.62 bits per heavy atom. The van der Waals surface area contributed by atoms with Crippen molar-refractivity contribution in [2.75, 3.05) is 18.4 Å². The van der Waals surface area contributed by atoms with Gasteiger partial charge in [0.1, 0.15) is 5.82 Å². The molecule has 3 nitrogen and oxygen atoms in total. The van der Waals surface area contributed by atoms with Crippen LogP contribution in [-0.4, -0.2) is 18.1 Å². The summed E-state index contributed by atoms with van der Waals surface area (Å²) in [5, 5.41) is 2.83. The molecule has 0 aliphatic carbocycles. The second kappa shape index (κ2) is 7.11. The summed E-state index contributed by atoms with van der Waals surface area (Å²) in [6.07, 6.45) is 5.08. The van der Waals surface area contributed by atoms with Gasteiger partial charge >= 0.3 is 0 Å². The van der Waals surface area contributed by atoms with E-state index in [1.807, 2.05) is 0 Å². The Morgan fingerprint density at radius 2 is 1.94 bits per heavy atom. The van der Waals surface area contributed by atoms with E-state index in [9.17, 15) is 8.78 Å². The van der Waals surface area contributed by atoms with E-state index in [4.69, 9.17) is 5.73 Å². The Labute approximate surface area is 94.1 Å². The molecular formula is C11H17F2N3. The monoisotopic (exact) mass is 229 g/mol. The molecule has 0 saturated carbocycles. The van der Waals surface area contributed by atoms with Gasteiger partial charge in [-0.1, -0.05) is 12.8 Å². The van der Waals surface area contributed by atoms with Crippen molar-refractivity contribution < 1.29 is 8.78 Å². The summed E-state index contributed by atoms with van der Waals surface area (Å²) < 4.78 is 25.6. The molecule has 90 valence electrons. The van der Waals surface area contributed by atoms with Gasteiger partial charge in [0.2, 0.25) is 0 Å². The molecule has 1 rings (SSSR count). The van der Waals surface area contributed by atoms with Gasteiger partial charge < -0.3 is 11.1 Å². The van der Waals surface area contributed by atoms with Gasteiger partial charge in [-0.25, -0.2) is 13.8 Å². The smallest absolute Gasteiger partial charge is 0.168 e. The number of nitrogens with one attached hydrogen (secondary N) is 1. The molecule has 0 saturated heterocycles. The highest BCUT2D eigenvalue weighted by atomic mass is 19.1. The van der Waals surface area contributed by atoms with Crippen molar-refractivity contribution >= 4 is 5.82 Å². The number of hydrogen-bond donors (Lipinski definition) is 2. The topological polar surface area (TPSA) is 50.9 Å². The fraction of sp³-hybridized carbons (Fsp3) is 0.545. The zero-order valence-corrected chi connectivity index (χ0v) is 9.18. The van der Waals surface area contributed by atoms with Crippen molar-refractivity contribution in [1.29, 1.82) is 0 Å². The van der Waals surface area contributed by atoms with Gasteiger partial charge in [0, 0.05) is 12.6 Å². The SMILES string of the molecule is NCCCCCCNc1ncc(F)cc1F. The molecule has 0 fully saturated rings. The summed E-state index contributed by atoms with van der Waals surface area (Å²) >= 11 is 0. The van der Waals surface area contributed by atoms with Crippen LogP contribution in [0.2, 0.25) is 0 Å². The van der Waals surface area contributed by atoms with Crippen LogP contribution in [0, 0.1) is 11.6 Å². The van der Waals surface area contributed by atoms with Crippen LogP contribution in [0.25, 0.3) is 0 Å². The molecule has 1 heterocycles. The van der Waals surface area contributed by atoms with E-state index in [2.05, 4.69) is 10.3 Å². The second-order valence-corrected chi connectivity index (χ2v) is 3.61. The van der Waals surface area contributed by atoms with Crippen molar-refractivity contribution in [1.82, 2.24) is 4.98 Å². The average Bonchev–Trinajstić information content (AvgIpc) is 2.26. The summed E-state index contributed by atoms with van der Waals surface area (Å²) in [5.74, 6) is -1.20. The summed E-state index contributed by atoms with van der Waals surface area (Å²) in [4.78, 5) is 3.63. The number of nitrogens with zero attached hydrogens (tertiary/aromatic N) is 1. The van der Waals surface area contributed by atoms with Gasteiger partial charge in [-0.2, -0.15) is 0 Å². The van der Waals surface area contributed by atoms with E-state index in [0.717, 1.165) is 37.9 Å². The molecule has 0 spiro atoms. The van der Waals surface area contributed by atoms with Crippen LogP contribution in [0.3, 0.4) is 0 Å². The minimum Gasteiger partial charge on any atom is -0.368 e. The third-order valence-electron chi connectivity index (χ3n) is 2.23. The quantitative estimate of drug-likeness (QED) is 0.705. The first-order chi connectivity index (χ1) is 7.74. The van der Waals surface area contributed by atoms with Gasteiger partial charge in [0.25, 0.3) is 0 Å².